The molecule has 0 bridgehead atoms. The van der Waals surface area contributed by atoms with Gasteiger partial charge in [-0.15, -0.1) is 0 Å². The van der Waals surface area contributed by atoms with Crippen molar-refractivity contribution in [3.63, 3.8) is 0 Å². The van der Waals surface area contributed by atoms with Gasteiger partial charge in [0, 0.05) is 18.2 Å². The van der Waals surface area contributed by atoms with Crippen LogP contribution >= 0.6 is 0 Å². The number of anilines is 1. The molecule has 2 aliphatic heterocycles. The third kappa shape index (κ3) is 3.56. The van der Waals surface area contributed by atoms with E-state index < -0.39 is 6.10 Å². The number of rotatable bonds is 5. The van der Waals surface area contributed by atoms with Gasteiger partial charge >= 0.3 is 0 Å². The number of hydrogen-bond donors (Lipinski definition) is 0. The van der Waals surface area contributed by atoms with E-state index in [9.17, 15) is 9.59 Å². The molecule has 0 spiro atoms. The van der Waals surface area contributed by atoms with Gasteiger partial charge in [0.15, 0.2) is 6.10 Å². The van der Waals surface area contributed by atoms with Crippen LogP contribution in [-0.4, -0.2) is 50.1 Å². The van der Waals surface area contributed by atoms with Gasteiger partial charge in [-0.1, -0.05) is 12.1 Å². The Hall–Kier alpha value is -3.22. The molecule has 1 fully saturated rings. The van der Waals surface area contributed by atoms with Crippen molar-refractivity contribution in [3.05, 3.63) is 48.0 Å². The Bertz CT molecular complexity index is 960. The molecule has 7 heteroatoms. The summed E-state index contributed by atoms with van der Waals surface area (Å²) in [5, 5.41) is 0. The molecule has 0 radical (unpaired) electrons. The number of fused-ring (bicyclic) bond motifs is 1. The molecule has 0 aromatic heterocycles. The molecular formula is C23H26N2O5. The summed E-state index contributed by atoms with van der Waals surface area (Å²) in [7, 11) is 3.22. The SMILES string of the molecule is COc1ccc([C@H]2CCCN2C(=O)CN2C(=O)[C@@H](C)Oc3ccccc32)c(OC)c1. The second kappa shape index (κ2) is 8.26. The number of amides is 2. The summed E-state index contributed by atoms with van der Waals surface area (Å²) in [6.07, 6.45) is 1.12. The lowest BCUT2D eigenvalue weighted by Gasteiger charge is -2.34. The maximum atomic E-state index is 13.3. The first-order chi connectivity index (χ1) is 14.5. The number of nitrogens with zero attached hydrogens (tertiary/aromatic N) is 2. The van der Waals surface area contributed by atoms with Crippen molar-refractivity contribution in [2.75, 3.05) is 32.2 Å². The number of hydrogen-bond acceptors (Lipinski definition) is 5. The lowest BCUT2D eigenvalue weighted by molar-refractivity contribution is -0.133. The first kappa shape index (κ1) is 20.1. The summed E-state index contributed by atoms with van der Waals surface area (Å²) in [5.41, 5.74) is 1.58. The number of methoxy groups -OCH3 is 2. The molecule has 0 saturated carbocycles. The molecule has 30 heavy (non-hydrogen) atoms. The van der Waals surface area contributed by atoms with Crippen molar-refractivity contribution in [2.24, 2.45) is 0 Å². The van der Waals surface area contributed by atoms with E-state index in [0.29, 0.717) is 29.5 Å². The molecule has 0 unspecified atom stereocenters. The fourth-order valence-corrected chi connectivity index (χ4v) is 4.23. The van der Waals surface area contributed by atoms with Gasteiger partial charge in [-0.3, -0.25) is 14.5 Å². The molecule has 0 aliphatic carbocycles. The minimum atomic E-state index is -0.622. The maximum Gasteiger partial charge on any atom is 0.268 e. The summed E-state index contributed by atoms with van der Waals surface area (Å²) < 4.78 is 16.5. The zero-order valence-electron chi connectivity index (χ0n) is 17.5. The molecular weight excluding hydrogens is 384 g/mol. The van der Waals surface area contributed by atoms with E-state index in [0.717, 1.165) is 18.4 Å². The van der Waals surface area contributed by atoms with Crippen molar-refractivity contribution >= 4 is 17.5 Å². The molecule has 7 nitrogen and oxygen atoms in total. The van der Waals surface area contributed by atoms with Crippen molar-refractivity contribution < 1.29 is 23.8 Å². The van der Waals surface area contributed by atoms with Gasteiger partial charge in [0.05, 0.1) is 25.9 Å². The van der Waals surface area contributed by atoms with Crippen LogP contribution in [0.2, 0.25) is 0 Å². The van der Waals surface area contributed by atoms with Gasteiger partial charge in [0.2, 0.25) is 5.91 Å². The molecule has 2 atom stereocenters. The second-order valence-electron chi connectivity index (χ2n) is 7.51. The normalized spacial score (nSPS) is 20.6. The number of benzene rings is 2. The largest absolute Gasteiger partial charge is 0.497 e. The molecule has 0 N–H and O–H groups in total. The van der Waals surface area contributed by atoms with Crippen LogP contribution in [0, 0.1) is 0 Å². The summed E-state index contributed by atoms with van der Waals surface area (Å²) in [4.78, 5) is 29.4. The maximum absolute atomic E-state index is 13.3. The molecule has 2 aromatic rings. The predicted molar refractivity (Wildman–Crippen MR) is 112 cm³/mol. The van der Waals surface area contributed by atoms with Crippen LogP contribution in [-0.2, 0) is 9.59 Å². The predicted octanol–water partition coefficient (Wildman–Crippen LogP) is 3.18. The van der Waals surface area contributed by atoms with Crippen LogP contribution in [0.1, 0.15) is 31.4 Å². The van der Waals surface area contributed by atoms with Crippen LogP contribution < -0.4 is 19.1 Å². The van der Waals surface area contributed by atoms with Crippen molar-refractivity contribution in [1.29, 1.82) is 0 Å². The average molecular weight is 410 g/mol. The number of para-hydroxylation sites is 2. The Morgan fingerprint density at radius 2 is 1.97 bits per heavy atom. The van der Waals surface area contributed by atoms with Crippen molar-refractivity contribution in [1.82, 2.24) is 4.90 Å². The highest BCUT2D eigenvalue weighted by molar-refractivity contribution is 6.03. The minimum absolute atomic E-state index is 0.0154. The van der Waals surface area contributed by atoms with Crippen molar-refractivity contribution in [2.45, 2.75) is 31.9 Å². The third-order valence-electron chi connectivity index (χ3n) is 5.74. The zero-order chi connectivity index (χ0) is 21.3. The Labute approximate surface area is 176 Å². The van der Waals surface area contributed by atoms with Gasteiger partial charge in [0.25, 0.3) is 5.91 Å². The fourth-order valence-electron chi connectivity index (χ4n) is 4.23. The van der Waals surface area contributed by atoms with E-state index in [-0.39, 0.29) is 24.4 Å². The van der Waals surface area contributed by atoms with Gasteiger partial charge < -0.3 is 19.1 Å². The minimum Gasteiger partial charge on any atom is -0.497 e. The van der Waals surface area contributed by atoms with Crippen molar-refractivity contribution in [3.8, 4) is 17.2 Å². The number of carbonyl (C=O) groups excluding carboxylic acids is 2. The van der Waals surface area contributed by atoms with E-state index in [4.69, 9.17) is 14.2 Å². The smallest absolute Gasteiger partial charge is 0.268 e. The van der Waals surface area contributed by atoms with Gasteiger partial charge in [-0.25, -0.2) is 0 Å². The van der Waals surface area contributed by atoms with Gasteiger partial charge in [-0.2, -0.15) is 0 Å². The first-order valence-corrected chi connectivity index (χ1v) is 10.1. The third-order valence-corrected chi connectivity index (χ3v) is 5.74. The standard InChI is InChI=1S/C23H26N2O5/c1-15-23(27)25(19-7-4-5-9-20(19)30-15)14-22(26)24-12-6-8-18(24)17-11-10-16(28-2)13-21(17)29-3/h4-5,7,9-11,13,15,18H,6,8,12,14H2,1-3H3/t15-,18-/m1/s1. The topological polar surface area (TPSA) is 68.3 Å². The monoisotopic (exact) mass is 410 g/mol. The molecule has 2 amide bonds. The first-order valence-electron chi connectivity index (χ1n) is 10.1. The highest BCUT2D eigenvalue weighted by Gasteiger charge is 2.37. The Kier molecular flexibility index (Phi) is 5.53. The Morgan fingerprint density at radius 1 is 1.17 bits per heavy atom. The molecule has 158 valence electrons. The lowest BCUT2D eigenvalue weighted by Crippen LogP contribution is -2.49. The number of likely N-dealkylation sites (tertiary alicyclic amines) is 1. The highest BCUT2D eigenvalue weighted by Crippen LogP contribution is 2.39. The average Bonchev–Trinajstić information content (AvgIpc) is 3.26. The van der Waals surface area contributed by atoms with E-state index in [1.165, 1.54) is 4.90 Å². The number of ether oxygens (including phenoxy) is 3. The summed E-state index contributed by atoms with van der Waals surface area (Å²) in [6.45, 7) is 2.34. The Morgan fingerprint density at radius 3 is 2.73 bits per heavy atom. The van der Waals surface area contributed by atoms with Crippen LogP contribution in [0.15, 0.2) is 42.5 Å². The van der Waals surface area contributed by atoms with Gasteiger partial charge in [-0.05, 0) is 44.0 Å². The van der Waals surface area contributed by atoms with Crippen LogP contribution in [0.5, 0.6) is 17.2 Å². The number of carbonyl (C=O) groups is 2. The molecule has 1 saturated heterocycles. The molecule has 4 rings (SSSR count). The van der Waals surface area contributed by atoms with Crippen LogP contribution in [0.3, 0.4) is 0 Å². The fraction of sp³-hybridized carbons (Fsp3) is 0.391. The van der Waals surface area contributed by atoms with E-state index in [1.807, 2.05) is 41.3 Å². The molecule has 2 aromatic carbocycles. The Balaban J connectivity index is 1.59. The molecule has 2 heterocycles. The summed E-state index contributed by atoms with van der Waals surface area (Å²) in [6, 6.07) is 12.9. The van der Waals surface area contributed by atoms with Crippen LogP contribution in [0.25, 0.3) is 0 Å². The quantitative estimate of drug-likeness (QED) is 0.757. The summed E-state index contributed by atoms with van der Waals surface area (Å²) in [5.74, 6) is 1.72. The molecule has 2 aliphatic rings. The van der Waals surface area contributed by atoms with E-state index >= 15 is 0 Å². The van der Waals surface area contributed by atoms with E-state index in [2.05, 4.69) is 0 Å². The van der Waals surface area contributed by atoms with Crippen LogP contribution in [0.4, 0.5) is 5.69 Å². The second-order valence-corrected chi connectivity index (χ2v) is 7.51. The van der Waals surface area contributed by atoms with E-state index in [1.54, 1.807) is 27.2 Å². The summed E-state index contributed by atoms with van der Waals surface area (Å²) >= 11 is 0. The highest BCUT2D eigenvalue weighted by atomic mass is 16.5. The lowest BCUT2D eigenvalue weighted by atomic mass is 10.0. The zero-order valence-corrected chi connectivity index (χ0v) is 17.5. The van der Waals surface area contributed by atoms with Gasteiger partial charge in [0.1, 0.15) is 23.8 Å².